The lowest BCUT2D eigenvalue weighted by molar-refractivity contribution is -0.150. The number of rotatable bonds is 11. The van der Waals surface area contributed by atoms with Gasteiger partial charge in [0, 0.05) is 67.4 Å². The molecule has 4 amide bonds. The summed E-state index contributed by atoms with van der Waals surface area (Å²) in [5, 5.41) is 9.88. The van der Waals surface area contributed by atoms with Gasteiger partial charge in [-0.15, -0.1) is 0 Å². The number of halogens is 1. The second-order valence-electron chi connectivity index (χ2n) is 15.8. The summed E-state index contributed by atoms with van der Waals surface area (Å²) >= 11 is 0. The molecule has 3 aromatic carbocycles. The minimum absolute atomic E-state index is 0.0186. The molecule has 7 rings (SSSR count). The smallest absolute Gasteiger partial charge is 0.264 e. The van der Waals surface area contributed by atoms with Crippen LogP contribution in [-0.4, -0.2) is 74.4 Å². The molecule has 4 atom stereocenters. The van der Waals surface area contributed by atoms with Crippen LogP contribution in [0.5, 0.6) is 0 Å². The molecule has 0 aromatic heterocycles. The number of fused-ring (bicyclic) bond motifs is 2. The number of benzene rings is 3. The van der Waals surface area contributed by atoms with Crippen molar-refractivity contribution in [3.8, 4) is 0 Å². The molecule has 3 fully saturated rings. The molecule has 0 saturated carbocycles. The fourth-order valence-corrected chi connectivity index (χ4v) is 11.7. The van der Waals surface area contributed by atoms with Gasteiger partial charge in [-0.3, -0.25) is 19.2 Å². The van der Waals surface area contributed by atoms with Gasteiger partial charge in [-0.25, -0.2) is 0 Å². The quantitative estimate of drug-likeness (QED) is 0.178. The number of carbonyl (C=O) groups is 4. The van der Waals surface area contributed by atoms with Crippen molar-refractivity contribution in [2.24, 2.45) is 5.92 Å². The Labute approximate surface area is 318 Å². The summed E-state index contributed by atoms with van der Waals surface area (Å²) in [4.78, 5) is 61.7. The van der Waals surface area contributed by atoms with E-state index in [2.05, 4.69) is 0 Å². The Morgan fingerprint density at radius 3 is 2.13 bits per heavy atom. The number of hydrogen-bond donors (Lipinski definition) is 1. The van der Waals surface area contributed by atoms with Crippen LogP contribution in [0.3, 0.4) is 0 Å². The summed E-state index contributed by atoms with van der Waals surface area (Å²) in [6.07, 6.45) is 3.48. The Balaban J connectivity index is 1.24. The Bertz CT molecular complexity index is 1890. The van der Waals surface area contributed by atoms with Gasteiger partial charge < -0.3 is 33.6 Å². The molecule has 12 heteroatoms. The summed E-state index contributed by atoms with van der Waals surface area (Å²) in [5.74, 6) is -1.11. The van der Waals surface area contributed by atoms with Crippen molar-refractivity contribution < 1.29 is 33.1 Å². The third-order valence-corrected chi connectivity index (χ3v) is 14.3. The molecule has 0 bridgehead atoms. The highest BCUT2D eigenvalue weighted by Gasteiger charge is 2.67. The number of nitrogens with zero attached hydrogens (tertiary/aromatic N) is 4. The molecule has 4 heterocycles. The van der Waals surface area contributed by atoms with Crippen LogP contribution in [0, 0.1) is 5.92 Å². The third-order valence-electron chi connectivity index (χ3n) is 11.8. The summed E-state index contributed by atoms with van der Waals surface area (Å²) in [6.45, 7) is 6.70. The number of piperidine rings is 2. The van der Waals surface area contributed by atoms with Crippen LogP contribution in [0.15, 0.2) is 72.8 Å². The fraction of sp³-hybridized carbons (Fsp3) is 0.476. The monoisotopic (exact) mass is 754 g/mol. The van der Waals surface area contributed by atoms with Gasteiger partial charge in [0.2, 0.25) is 26.1 Å². The van der Waals surface area contributed by atoms with Gasteiger partial charge in [-0.1, -0.05) is 49.4 Å². The van der Waals surface area contributed by atoms with Crippen LogP contribution < -0.4 is 14.7 Å². The first-order valence-corrected chi connectivity index (χ1v) is 22.3. The molecular weight excluding hydrogens is 704 g/mol. The Kier molecular flexibility index (Phi) is 10.8. The van der Waals surface area contributed by atoms with Gasteiger partial charge in [0.05, 0.1) is 31.4 Å². The van der Waals surface area contributed by atoms with E-state index >= 15 is 8.90 Å². The maximum atomic E-state index is 16.7. The van der Waals surface area contributed by atoms with Crippen molar-refractivity contribution in [3.63, 3.8) is 0 Å². The Morgan fingerprint density at radius 2 is 1.52 bits per heavy atom. The van der Waals surface area contributed by atoms with Crippen molar-refractivity contribution in [3.05, 3.63) is 89.5 Å². The van der Waals surface area contributed by atoms with Crippen LogP contribution in [0.4, 0.5) is 21.2 Å². The lowest BCUT2D eigenvalue weighted by Gasteiger charge is -2.32. The molecular formula is C42H51FN4O6Si. The maximum absolute atomic E-state index is 16.7. The van der Waals surface area contributed by atoms with Crippen molar-refractivity contribution in [1.29, 1.82) is 0 Å². The minimum Gasteiger partial charge on any atom is -0.395 e. The van der Waals surface area contributed by atoms with Crippen LogP contribution in [-0.2, 0) is 42.6 Å². The predicted octanol–water partition coefficient (Wildman–Crippen LogP) is 6.45. The molecule has 4 aliphatic heterocycles. The highest BCUT2D eigenvalue weighted by molar-refractivity contribution is 6.72. The van der Waals surface area contributed by atoms with Crippen LogP contribution >= 0.6 is 0 Å². The zero-order chi connectivity index (χ0) is 38.2. The first kappa shape index (κ1) is 37.9. The summed E-state index contributed by atoms with van der Waals surface area (Å²) in [6, 6.07) is 22.8. The normalized spacial score (nSPS) is 24.4. The van der Waals surface area contributed by atoms with E-state index < -0.39 is 31.6 Å². The molecule has 3 saturated heterocycles. The lowest BCUT2D eigenvalue weighted by Crippen LogP contribution is -2.45. The summed E-state index contributed by atoms with van der Waals surface area (Å²) in [7, 11) is -3.58. The average Bonchev–Trinajstić information content (AvgIpc) is 3.58. The fourth-order valence-electron chi connectivity index (χ4n) is 9.20. The number of amides is 4. The van der Waals surface area contributed by atoms with Crippen molar-refractivity contribution in [1.82, 2.24) is 4.90 Å². The molecule has 0 aliphatic carbocycles. The summed E-state index contributed by atoms with van der Waals surface area (Å²) < 4.78 is 23.6. The number of aliphatic hydroxyl groups excluding tert-OH is 1. The molecule has 4 aliphatic rings. The molecule has 3 aromatic rings. The topological polar surface area (TPSA) is 111 Å². The molecule has 1 N–H and O–H groups in total. The molecule has 0 radical (unpaired) electrons. The SMILES string of the molecule is C[C@@H]1[C@@H]([Si](C)(C)F)[C@H](CC(=O)N(CCO)Cc2ccccc2)O[C@@]12C(=O)N(Cc1ccc(N3CCCCC3=O)cc1)c1ccc(N3CCCCC3=O)cc12. The van der Waals surface area contributed by atoms with Crippen LogP contribution in [0.25, 0.3) is 0 Å². The van der Waals surface area contributed by atoms with Gasteiger partial charge in [0.1, 0.15) is 0 Å². The van der Waals surface area contributed by atoms with Gasteiger partial charge in [0.25, 0.3) is 5.91 Å². The maximum Gasteiger partial charge on any atom is 0.264 e. The minimum atomic E-state index is -3.58. The second kappa shape index (κ2) is 15.4. The van der Waals surface area contributed by atoms with Crippen molar-refractivity contribution >= 4 is 49.1 Å². The van der Waals surface area contributed by atoms with E-state index in [1.807, 2.05) is 84.6 Å². The zero-order valence-electron chi connectivity index (χ0n) is 31.5. The first-order chi connectivity index (χ1) is 25.9. The Hall–Kier alpha value is -4.39. The average molecular weight is 755 g/mol. The van der Waals surface area contributed by atoms with E-state index in [1.165, 1.54) is 0 Å². The number of ether oxygens (including phenoxy) is 1. The highest BCUT2D eigenvalue weighted by Crippen LogP contribution is 2.61. The number of aliphatic hydroxyl groups is 1. The Morgan fingerprint density at radius 1 is 0.889 bits per heavy atom. The molecule has 286 valence electrons. The molecule has 0 unspecified atom stereocenters. The van der Waals surface area contributed by atoms with E-state index in [0.29, 0.717) is 42.9 Å². The molecule has 10 nitrogen and oxygen atoms in total. The van der Waals surface area contributed by atoms with E-state index in [-0.39, 0.29) is 56.3 Å². The van der Waals surface area contributed by atoms with Gasteiger partial charge >= 0.3 is 0 Å². The highest BCUT2D eigenvalue weighted by atomic mass is 28.4. The number of anilines is 3. The number of carbonyl (C=O) groups excluding carboxylic acids is 4. The lowest BCUT2D eigenvalue weighted by atomic mass is 9.82. The van der Waals surface area contributed by atoms with E-state index in [9.17, 15) is 19.5 Å². The standard InChI is InChI=1S/C42H51FN4O6Si/c1-29-40(54(2,3)43)36(26-39(51)44(23-24-48)27-30-11-5-4-6-12-30)53-42(29)34-25-33(46-22-10-8-14-38(46)50)19-20-35(34)47(41(42)52)28-31-15-17-32(18-16-31)45-21-9-7-13-37(45)49/h4-6,11-12,15-20,25,29,36,40,48H,7-10,13-14,21-24,26-28H2,1-3H3/t29-,36+,40-,42+/m1/s1. The van der Waals surface area contributed by atoms with Gasteiger partial charge in [-0.05, 0) is 80.2 Å². The summed E-state index contributed by atoms with van der Waals surface area (Å²) in [5.41, 5.74) is 2.17. The van der Waals surface area contributed by atoms with Gasteiger partial charge in [-0.2, -0.15) is 0 Å². The molecule has 54 heavy (non-hydrogen) atoms. The largest absolute Gasteiger partial charge is 0.395 e. The van der Waals surface area contributed by atoms with Crippen LogP contribution in [0.2, 0.25) is 18.6 Å². The first-order valence-electron chi connectivity index (χ1n) is 19.4. The molecule has 1 spiro atoms. The van der Waals surface area contributed by atoms with Crippen molar-refractivity contribution in [2.75, 3.05) is 40.9 Å². The van der Waals surface area contributed by atoms with Crippen molar-refractivity contribution in [2.45, 2.75) is 95.3 Å². The van der Waals surface area contributed by atoms with E-state index in [1.54, 1.807) is 27.8 Å². The predicted molar refractivity (Wildman–Crippen MR) is 208 cm³/mol. The second-order valence-corrected chi connectivity index (χ2v) is 19.6. The van der Waals surface area contributed by atoms with E-state index in [0.717, 1.165) is 42.5 Å². The third kappa shape index (κ3) is 7.11. The van der Waals surface area contributed by atoms with E-state index in [4.69, 9.17) is 4.74 Å². The van der Waals surface area contributed by atoms with Crippen LogP contribution in [0.1, 0.15) is 68.6 Å². The zero-order valence-corrected chi connectivity index (χ0v) is 32.5. The van der Waals surface area contributed by atoms with Gasteiger partial charge in [0.15, 0.2) is 5.60 Å². The number of hydrogen-bond acceptors (Lipinski definition) is 6.